The lowest BCUT2D eigenvalue weighted by Crippen LogP contribution is -2.46. The molecule has 22 heavy (non-hydrogen) atoms. The van der Waals surface area contributed by atoms with Gasteiger partial charge in [0, 0.05) is 46.1 Å². The second-order valence-electron chi connectivity index (χ2n) is 5.93. The third-order valence-electron chi connectivity index (χ3n) is 3.89. The van der Waals surface area contributed by atoms with Gasteiger partial charge >= 0.3 is 12.0 Å². The van der Waals surface area contributed by atoms with Crippen LogP contribution in [0.1, 0.15) is 38.5 Å². The van der Waals surface area contributed by atoms with Crippen LogP contribution < -0.4 is 5.32 Å². The number of carbonyl (C=O) groups is 3. The Kier molecular flexibility index (Phi) is 7.70. The van der Waals surface area contributed by atoms with E-state index in [-0.39, 0.29) is 24.3 Å². The molecule has 0 saturated carbocycles. The number of rotatable bonds is 7. The molecule has 7 heteroatoms. The number of carbonyl (C=O) groups excluding carboxylic acids is 2. The van der Waals surface area contributed by atoms with Crippen molar-refractivity contribution in [1.82, 2.24) is 15.1 Å². The van der Waals surface area contributed by atoms with Crippen LogP contribution in [0.15, 0.2) is 0 Å². The van der Waals surface area contributed by atoms with Crippen LogP contribution >= 0.6 is 0 Å². The summed E-state index contributed by atoms with van der Waals surface area (Å²) < 4.78 is 0. The van der Waals surface area contributed by atoms with E-state index in [4.69, 9.17) is 5.11 Å². The minimum absolute atomic E-state index is 0.00251. The first-order chi connectivity index (χ1) is 10.4. The largest absolute Gasteiger partial charge is 0.481 e. The van der Waals surface area contributed by atoms with E-state index in [2.05, 4.69) is 5.32 Å². The normalized spacial score (nSPS) is 15.5. The Balaban J connectivity index is 2.15. The van der Waals surface area contributed by atoms with Gasteiger partial charge in [0.2, 0.25) is 5.91 Å². The van der Waals surface area contributed by atoms with Crippen molar-refractivity contribution in [3.63, 3.8) is 0 Å². The standard InChI is InChI=1S/C15H27N3O4/c1-17(2)15(22)18-10-7-12(8-11-18)14(21)16-9-5-3-4-6-13(19)20/h12H,3-11H2,1-2H3,(H,16,21)(H,19,20). The second-order valence-corrected chi connectivity index (χ2v) is 5.93. The van der Waals surface area contributed by atoms with Crippen molar-refractivity contribution >= 4 is 17.9 Å². The number of piperidine rings is 1. The van der Waals surface area contributed by atoms with Gasteiger partial charge in [0.25, 0.3) is 0 Å². The van der Waals surface area contributed by atoms with Gasteiger partial charge in [0.05, 0.1) is 0 Å². The minimum Gasteiger partial charge on any atom is -0.481 e. The predicted octanol–water partition coefficient (Wildman–Crippen LogP) is 1.14. The summed E-state index contributed by atoms with van der Waals surface area (Å²) in [5.41, 5.74) is 0. The molecular weight excluding hydrogens is 286 g/mol. The number of nitrogens with one attached hydrogen (secondary N) is 1. The predicted molar refractivity (Wildman–Crippen MR) is 82.5 cm³/mol. The van der Waals surface area contributed by atoms with E-state index in [1.165, 1.54) is 0 Å². The average molecular weight is 313 g/mol. The van der Waals surface area contributed by atoms with E-state index >= 15 is 0 Å². The highest BCUT2D eigenvalue weighted by molar-refractivity contribution is 5.79. The van der Waals surface area contributed by atoms with Crippen molar-refractivity contribution in [2.75, 3.05) is 33.7 Å². The molecule has 1 fully saturated rings. The van der Waals surface area contributed by atoms with Gasteiger partial charge in [-0.3, -0.25) is 9.59 Å². The summed E-state index contributed by atoms with van der Waals surface area (Å²) in [6, 6.07) is -0.00251. The van der Waals surface area contributed by atoms with Crippen LogP contribution in [0.2, 0.25) is 0 Å². The summed E-state index contributed by atoms with van der Waals surface area (Å²) >= 11 is 0. The van der Waals surface area contributed by atoms with E-state index in [0.29, 0.717) is 38.9 Å². The van der Waals surface area contributed by atoms with Crippen LogP contribution in [0.4, 0.5) is 4.79 Å². The maximum Gasteiger partial charge on any atom is 0.319 e. The van der Waals surface area contributed by atoms with E-state index < -0.39 is 5.97 Å². The number of carboxylic acid groups (broad SMARTS) is 1. The third kappa shape index (κ3) is 6.32. The number of carboxylic acids is 1. The monoisotopic (exact) mass is 313 g/mol. The first kappa shape index (κ1) is 18.3. The van der Waals surface area contributed by atoms with Crippen LogP contribution in [-0.4, -0.2) is 66.5 Å². The summed E-state index contributed by atoms with van der Waals surface area (Å²) in [6.45, 7) is 1.83. The number of unbranched alkanes of at least 4 members (excludes halogenated alkanes) is 2. The molecule has 0 aromatic carbocycles. The minimum atomic E-state index is -0.775. The Labute approximate surface area is 131 Å². The van der Waals surface area contributed by atoms with E-state index in [9.17, 15) is 14.4 Å². The van der Waals surface area contributed by atoms with E-state index in [0.717, 1.165) is 12.8 Å². The Hall–Kier alpha value is -1.79. The molecule has 0 atom stereocenters. The van der Waals surface area contributed by atoms with Gasteiger partial charge in [-0.05, 0) is 25.7 Å². The Morgan fingerprint density at radius 2 is 1.77 bits per heavy atom. The van der Waals surface area contributed by atoms with Gasteiger partial charge in [-0.1, -0.05) is 6.42 Å². The number of nitrogens with zero attached hydrogens (tertiary/aromatic N) is 2. The molecule has 0 spiro atoms. The van der Waals surface area contributed by atoms with Crippen molar-refractivity contribution < 1.29 is 19.5 Å². The lowest BCUT2D eigenvalue weighted by molar-refractivity contribution is -0.137. The molecule has 2 N–H and O–H groups in total. The topological polar surface area (TPSA) is 90.0 Å². The molecule has 0 aliphatic carbocycles. The van der Waals surface area contributed by atoms with Crippen molar-refractivity contribution in [1.29, 1.82) is 0 Å². The molecule has 1 aliphatic heterocycles. The molecule has 1 aliphatic rings. The molecule has 0 aromatic rings. The van der Waals surface area contributed by atoms with Crippen molar-refractivity contribution in [3.8, 4) is 0 Å². The molecule has 1 heterocycles. The Morgan fingerprint density at radius 1 is 1.14 bits per heavy atom. The Bertz CT molecular complexity index is 390. The van der Waals surface area contributed by atoms with Gasteiger partial charge in [-0.25, -0.2) is 4.79 Å². The summed E-state index contributed by atoms with van der Waals surface area (Å²) in [5, 5.41) is 11.4. The highest BCUT2D eigenvalue weighted by atomic mass is 16.4. The molecule has 126 valence electrons. The van der Waals surface area contributed by atoms with Crippen LogP contribution in [-0.2, 0) is 9.59 Å². The van der Waals surface area contributed by atoms with Gasteiger partial charge in [-0.2, -0.15) is 0 Å². The smallest absolute Gasteiger partial charge is 0.319 e. The first-order valence-corrected chi connectivity index (χ1v) is 7.87. The Morgan fingerprint density at radius 3 is 2.32 bits per heavy atom. The van der Waals surface area contributed by atoms with Crippen molar-refractivity contribution in [3.05, 3.63) is 0 Å². The third-order valence-corrected chi connectivity index (χ3v) is 3.89. The lowest BCUT2D eigenvalue weighted by atomic mass is 9.96. The van der Waals surface area contributed by atoms with Crippen LogP contribution in [0.25, 0.3) is 0 Å². The molecule has 7 nitrogen and oxygen atoms in total. The summed E-state index contributed by atoms with van der Waals surface area (Å²) in [7, 11) is 3.46. The molecule has 0 radical (unpaired) electrons. The van der Waals surface area contributed by atoms with E-state index in [1.807, 2.05) is 0 Å². The van der Waals surface area contributed by atoms with Crippen LogP contribution in [0.5, 0.6) is 0 Å². The lowest BCUT2D eigenvalue weighted by Gasteiger charge is -2.33. The fourth-order valence-corrected chi connectivity index (χ4v) is 2.55. The summed E-state index contributed by atoms with van der Waals surface area (Å²) in [5.74, 6) is -0.747. The average Bonchev–Trinajstić information content (AvgIpc) is 2.49. The molecule has 1 rings (SSSR count). The number of likely N-dealkylation sites (tertiary alicyclic amines) is 1. The number of hydrogen-bond donors (Lipinski definition) is 2. The first-order valence-electron chi connectivity index (χ1n) is 7.87. The van der Waals surface area contributed by atoms with Gasteiger partial charge in [-0.15, -0.1) is 0 Å². The fourth-order valence-electron chi connectivity index (χ4n) is 2.55. The second kappa shape index (κ2) is 9.27. The van der Waals surface area contributed by atoms with Crippen molar-refractivity contribution in [2.45, 2.75) is 38.5 Å². The summed E-state index contributed by atoms with van der Waals surface area (Å²) in [4.78, 5) is 37.5. The van der Waals surface area contributed by atoms with E-state index in [1.54, 1.807) is 23.9 Å². The van der Waals surface area contributed by atoms with Crippen LogP contribution in [0.3, 0.4) is 0 Å². The quantitative estimate of drug-likeness (QED) is 0.690. The molecule has 3 amide bonds. The summed E-state index contributed by atoms with van der Waals surface area (Å²) in [6.07, 6.45) is 3.84. The molecule has 0 unspecified atom stereocenters. The maximum absolute atomic E-state index is 12.0. The highest BCUT2D eigenvalue weighted by Gasteiger charge is 2.27. The zero-order valence-electron chi connectivity index (χ0n) is 13.5. The maximum atomic E-state index is 12.0. The number of aliphatic carboxylic acids is 1. The van der Waals surface area contributed by atoms with Crippen LogP contribution in [0, 0.1) is 5.92 Å². The molecule has 1 saturated heterocycles. The molecular formula is C15H27N3O4. The SMILES string of the molecule is CN(C)C(=O)N1CCC(C(=O)NCCCCCC(=O)O)CC1. The fraction of sp³-hybridized carbons (Fsp3) is 0.800. The number of hydrogen-bond acceptors (Lipinski definition) is 3. The van der Waals surface area contributed by atoms with Gasteiger partial charge < -0.3 is 20.2 Å². The number of amides is 3. The van der Waals surface area contributed by atoms with Gasteiger partial charge in [0.15, 0.2) is 0 Å². The highest BCUT2D eigenvalue weighted by Crippen LogP contribution is 2.18. The van der Waals surface area contributed by atoms with Gasteiger partial charge in [0.1, 0.15) is 0 Å². The zero-order valence-corrected chi connectivity index (χ0v) is 13.5. The number of urea groups is 1. The zero-order chi connectivity index (χ0) is 16.5. The molecule has 0 bridgehead atoms. The van der Waals surface area contributed by atoms with Crippen molar-refractivity contribution in [2.24, 2.45) is 5.92 Å². The molecule has 0 aromatic heterocycles.